The summed E-state index contributed by atoms with van der Waals surface area (Å²) < 4.78 is 46.4. The Morgan fingerprint density at radius 1 is 1.00 bits per heavy atom. The van der Waals surface area contributed by atoms with E-state index in [1.54, 1.807) is 29.2 Å². The van der Waals surface area contributed by atoms with Crippen molar-refractivity contribution in [2.75, 3.05) is 13.2 Å². The van der Waals surface area contributed by atoms with Crippen LogP contribution in [-0.2, 0) is 22.2 Å². The lowest BCUT2D eigenvalue weighted by atomic mass is 9.87. The standard InChI is InChI=1S/C28H23ClF3NO4/c29-17-9-10-24(37-15-25(34)35)22(13-17)26-18-6-2-1-5-16(18)11-12-33(26)27(36)21-14-20(21)19-7-3-4-8-23(19)28(30,31)32/h1-10,13,20-21,26H,11-12,14-15H2,(H,34,35)/t20-,21+,26?/m0/s1. The van der Waals surface area contributed by atoms with Gasteiger partial charge in [-0.25, -0.2) is 4.79 Å². The summed E-state index contributed by atoms with van der Waals surface area (Å²) >= 11 is 6.31. The number of alkyl halides is 3. The molecule has 9 heteroatoms. The molecule has 0 spiro atoms. The van der Waals surface area contributed by atoms with Crippen LogP contribution in [0, 0.1) is 5.92 Å². The van der Waals surface area contributed by atoms with Gasteiger partial charge in [0.25, 0.3) is 0 Å². The van der Waals surface area contributed by atoms with Crippen LogP contribution in [0.2, 0.25) is 5.02 Å². The molecule has 5 rings (SSSR count). The summed E-state index contributed by atoms with van der Waals surface area (Å²) in [5.41, 5.74) is 1.82. The predicted molar refractivity (Wildman–Crippen MR) is 131 cm³/mol. The molecule has 1 heterocycles. The smallest absolute Gasteiger partial charge is 0.416 e. The first-order chi connectivity index (χ1) is 17.6. The first-order valence-electron chi connectivity index (χ1n) is 11.8. The van der Waals surface area contributed by atoms with Crippen molar-refractivity contribution < 1.29 is 32.6 Å². The molecule has 1 amide bonds. The molecule has 5 nitrogen and oxygen atoms in total. The van der Waals surface area contributed by atoms with Gasteiger partial charge in [-0.05, 0) is 59.7 Å². The number of rotatable bonds is 6. The number of hydrogen-bond acceptors (Lipinski definition) is 3. The number of ether oxygens (including phenoxy) is 1. The van der Waals surface area contributed by atoms with Crippen LogP contribution < -0.4 is 4.74 Å². The van der Waals surface area contributed by atoms with Crippen molar-refractivity contribution in [1.29, 1.82) is 0 Å². The minimum absolute atomic E-state index is 0.135. The Bertz CT molecular complexity index is 1360. The number of carbonyl (C=O) groups excluding carboxylic acids is 1. The van der Waals surface area contributed by atoms with Crippen molar-refractivity contribution in [3.8, 4) is 5.75 Å². The van der Waals surface area contributed by atoms with Crippen molar-refractivity contribution in [1.82, 2.24) is 4.90 Å². The average Bonchev–Trinajstić information content (AvgIpc) is 3.67. The SMILES string of the molecule is O=C(O)COc1ccc(Cl)cc1C1c2ccccc2CCN1C(=O)[C@@H]1C[C@H]1c1ccccc1C(F)(F)F. The van der Waals surface area contributed by atoms with Gasteiger partial charge in [0.05, 0.1) is 11.6 Å². The van der Waals surface area contributed by atoms with E-state index in [2.05, 4.69) is 0 Å². The highest BCUT2D eigenvalue weighted by molar-refractivity contribution is 6.30. The maximum Gasteiger partial charge on any atom is 0.416 e. The minimum atomic E-state index is -4.50. The van der Waals surface area contributed by atoms with E-state index in [0.29, 0.717) is 30.0 Å². The molecule has 0 aromatic heterocycles. The predicted octanol–water partition coefficient (Wildman–Crippen LogP) is 6.10. The topological polar surface area (TPSA) is 66.8 Å². The third-order valence-electron chi connectivity index (χ3n) is 6.96. The zero-order valence-corrected chi connectivity index (χ0v) is 20.3. The van der Waals surface area contributed by atoms with Gasteiger partial charge in [0.15, 0.2) is 6.61 Å². The molecule has 37 heavy (non-hydrogen) atoms. The summed E-state index contributed by atoms with van der Waals surface area (Å²) in [5.74, 6) is -2.22. The number of carboxylic acids is 1. The number of fused-ring (bicyclic) bond motifs is 1. The van der Waals surface area contributed by atoms with Crippen LogP contribution in [0.1, 0.15) is 46.2 Å². The summed E-state index contributed by atoms with van der Waals surface area (Å²) in [6.07, 6.45) is -3.59. The molecule has 0 bridgehead atoms. The molecule has 3 aromatic carbocycles. The second-order valence-corrected chi connectivity index (χ2v) is 9.72. The normalized spacial score (nSPS) is 20.8. The first kappa shape index (κ1) is 25.1. The van der Waals surface area contributed by atoms with Gasteiger partial charge in [0, 0.05) is 23.0 Å². The van der Waals surface area contributed by atoms with E-state index in [0.717, 1.165) is 17.2 Å². The van der Waals surface area contributed by atoms with Gasteiger partial charge in [0.1, 0.15) is 5.75 Å². The highest BCUT2D eigenvalue weighted by Crippen LogP contribution is 2.53. The molecular weight excluding hydrogens is 507 g/mol. The molecule has 1 fully saturated rings. The molecule has 1 aliphatic heterocycles. The molecule has 1 N–H and O–H groups in total. The van der Waals surface area contributed by atoms with Crippen molar-refractivity contribution >= 4 is 23.5 Å². The second kappa shape index (κ2) is 9.74. The fraction of sp³-hybridized carbons (Fsp3) is 0.286. The quantitative estimate of drug-likeness (QED) is 0.419. The van der Waals surface area contributed by atoms with E-state index in [1.165, 1.54) is 12.1 Å². The molecule has 3 aromatic rings. The van der Waals surface area contributed by atoms with E-state index in [9.17, 15) is 22.8 Å². The highest BCUT2D eigenvalue weighted by Gasteiger charge is 2.50. The molecule has 3 atom stereocenters. The van der Waals surface area contributed by atoms with Gasteiger partial charge in [-0.2, -0.15) is 13.2 Å². The van der Waals surface area contributed by atoms with Crippen molar-refractivity contribution in [3.63, 3.8) is 0 Å². The van der Waals surface area contributed by atoms with Crippen LogP contribution >= 0.6 is 11.6 Å². The van der Waals surface area contributed by atoms with Crippen LogP contribution in [0.3, 0.4) is 0 Å². The zero-order chi connectivity index (χ0) is 26.3. The Hall–Kier alpha value is -3.52. The number of carbonyl (C=O) groups is 2. The molecule has 1 saturated carbocycles. The summed E-state index contributed by atoms with van der Waals surface area (Å²) in [5, 5.41) is 9.52. The number of nitrogens with zero attached hydrogens (tertiary/aromatic N) is 1. The molecule has 1 unspecified atom stereocenters. The fourth-order valence-corrected chi connectivity index (χ4v) is 5.43. The molecule has 0 radical (unpaired) electrons. The Labute approximate surface area is 216 Å². The Balaban J connectivity index is 1.52. The fourth-order valence-electron chi connectivity index (χ4n) is 5.25. The van der Waals surface area contributed by atoms with E-state index in [1.807, 2.05) is 24.3 Å². The molecule has 2 aliphatic rings. The maximum atomic E-state index is 13.8. The lowest BCUT2D eigenvalue weighted by Gasteiger charge is -2.38. The molecular formula is C28H23ClF3NO4. The van der Waals surface area contributed by atoms with Gasteiger partial charge < -0.3 is 14.7 Å². The Kier molecular flexibility index (Phi) is 6.62. The van der Waals surface area contributed by atoms with E-state index >= 15 is 0 Å². The van der Waals surface area contributed by atoms with Gasteiger partial charge in [-0.15, -0.1) is 0 Å². The van der Waals surface area contributed by atoms with Crippen LogP contribution in [0.5, 0.6) is 5.75 Å². The number of halogens is 4. The number of carboxylic acid groups (broad SMARTS) is 1. The Morgan fingerprint density at radius 2 is 1.70 bits per heavy atom. The van der Waals surface area contributed by atoms with Gasteiger partial charge in [-0.1, -0.05) is 54.1 Å². The number of hydrogen-bond donors (Lipinski definition) is 1. The number of aliphatic carboxylic acids is 1. The molecule has 0 saturated heterocycles. The average molecular weight is 530 g/mol. The van der Waals surface area contributed by atoms with Crippen LogP contribution in [0.25, 0.3) is 0 Å². The van der Waals surface area contributed by atoms with Crippen molar-refractivity contribution in [3.05, 3.63) is 99.6 Å². The monoisotopic (exact) mass is 529 g/mol. The summed E-state index contributed by atoms with van der Waals surface area (Å²) in [6.45, 7) is -0.217. The largest absolute Gasteiger partial charge is 0.482 e. The van der Waals surface area contributed by atoms with Crippen LogP contribution in [-0.4, -0.2) is 35.0 Å². The first-order valence-corrected chi connectivity index (χ1v) is 12.2. The van der Waals surface area contributed by atoms with Crippen LogP contribution in [0.4, 0.5) is 13.2 Å². The van der Waals surface area contributed by atoms with Gasteiger partial charge >= 0.3 is 12.1 Å². The summed E-state index contributed by atoms with van der Waals surface area (Å²) in [6, 6.07) is 17.2. The highest BCUT2D eigenvalue weighted by atomic mass is 35.5. The molecule has 1 aliphatic carbocycles. The third kappa shape index (κ3) is 5.03. The summed E-state index contributed by atoms with van der Waals surface area (Å²) in [4.78, 5) is 26.7. The minimum Gasteiger partial charge on any atom is -0.482 e. The number of amides is 1. The van der Waals surface area contributed by atoms with E-state index in [-0.39, 0.29) is 17.2 Å². The van der Waals surface area contributed by atoms with Crippen molar-refractivity contribution in [2.45, 2.75) is 31.0 Å². The Morgan fingerprint density at radius 3 is 2.43 bits per heavy atom. The van der Waals surface area contributed by atoms with Gasteiger partial charge in [0.2, 0.25) is 5.91 Å². The number of benzene rings is 3. The third-order valence-corrected chi connectivity index (χ3v) is 7.19. The molecule has 192 valence electrons. The van der Waals surface area contributed by atoms with Crippen molar-refractivity contribution in [2.24, 2.45) is 5.92 Å². The second-order valence-electron chi connectivity index (χ2n) is 9.28. The van der Waals surface area contributed by atoms with Gasteiger partial charge in [-0.3, -0.25) is 4.79 Å². The van der Waals surface area contributed by atoms with Crippen LogP contribution in [0.15, 0.2) is 66.7 Å². The van der Waals surface area contributed by atoms with E-state index in [4.69, 9.17) is 21.4 Å². The summed E-state index contributed by atoms with van der Waals surface area (Å²) in [7, 11) is 0. The lowest BCUT2D eigenvalue weighted by molar-refractivity contribution is -0.139. The maximum absolute atomic E-state index is 13.8. The zero-order valence-electron chi connectivity index (χ0n) is 19.5. The lowest BCUT2D eigenvalue weighted by Crippen LogP contribution is -2.41. The van der Waals surface area contributed by atoms with E-state index < -0.39 is 42.2 Å².